The molecule has 3 rings (SSSR count). The van der Waals surface area contributed by atoms with E-state index in [2.05, 4.69) is 27.8 Å². The Hall–Kier alpha value is -2.70. The highest BCUT2D eigenvalue weighted by Crippen LogP contribution is 2.22. The number of nitrogens with one attached hydrogen (secondary N) is 2. The average Bonchev–Trinajstić information content (AvgIpc) is 3.16. The molecule has 5 nitrogen and oxygen atoms in total. The van der Waals surface area contributed by atoms with Crippen LogP contribution in [-0.2, 0) is 12.8 Å². The van der Waals surface area contributed by atoms with E-state index in [1.54, 1.807) is 0 Å². The first kappa shape index (κ1) is 19.1. The molecule has 1 unspecified atom stereocenters. The molecule has 0 aliphatic heterocycles. The Morgan fingerprint density at radius 3 is 2.30 bits per heavy atom. The fourth-order valence-electron chi connectivity index (χ4n) is 2.73. The number of amides is 2. The minimum atomic E-state index is -0.246. The lowest BCUT2D eigenvalue weighted by Crippen LogP contribution is -2.30. The fourth-order valence-corrected chi connectivity index (χ4v) is 3.50. The number of urea groups is 1. The summed E-state index contributed by atoms with van der Waals surface area (Å²) in [5.74, 6) is 0. The van der Waals surface area contributed by atoms with E-state index in [-0.39, 0.29) is 12.1 Å². The van der Waals surface area contributed by atoms with Crippen LogP contribution in [0.15, 0.2) is 66.0 Å². The van der Waals surface area contributed by atoms with Gasteiger partial charge in [0.1, 0.15) is 0 Å². The van der Waals surface area contributed by atoms with Crippen LogP contribution in [0.3, 0.4) is 0 Å². The minimum Gasteiger partial charge on any atom is -0.337 e. The van der Waals surface area contributed by atoms with Crippen LogP contribution in [0.2, 0.25) is 0 Å². The van der Waals surface area contributed by atoms with E-state index in [4.69, 9.17) is 5.73 Å². The Balaban J connectivity index is 1.42. The van der Waals surface area contributed by atoms with Crippen molar-refractivity contribution in [2.24, 2.45) is 5.73 Å². The van der Waals surface area contributed by atoms with Crippen LogP contribution in [0.25, 0.3) is 0 Å². The summed E-state index contributed by atoms with van der Waals surface area (Å²) in [6.07, 6.45) is 2.51. The number of aryl methyl sites for hydroxylation is 1. The molecule has 0 aliphatic carbocycles. The number of hydrogen-bond acceptors (Lipinski definition) is 4. The largest absolute Gasteiger partial charge is 0.337 e. The van der Waals surface area contributed by atoms with Crippen LogP contribution in [0.4, 0.5) is 9.93 Å². The molecular weight excluding hydrogens is 356 g/mol. The number of anilines is 1. The third-order valence-corrected chi connectivity index (χ3v) is 5.03. The Morgan fingerprint density at radius 2 is 1.63 bits per heavy atom. The zero-order valence-corrected chi connectivity index (χ0v) is 15.9. The monoisotopic (exact) mass is 380 g/mol. The van der Waals surface area contributed by atoms with Gasteiger partial charge in [-0.25, -0.2) is 9.78 Å². The van der Waals surface area contributed by atoms with Crippen LogP contribution in [0.5, 0.6) is 0 Å². The van der Waals surface area contributed by atoms with Gasteiger partial charge in [0.05, 0.1) is 5.69 Å². The predicted octanol–water partition coefficient (Wildman–Crippen LogP) is 4.14. The predicted molar refractivity (Wildman–Crippen MR) is 111 cm³/mol. The molecule has 0 fully saturated rings. The van der Waals surface area contributed by atoms with Crippen molar-refractivity contribution in [1.82, 2.24) is 10.3 Å². The van der Waals surface area contributed by atoms with Crippen molar-refractivity contribution in [3.63, 3.8) is 0 Å². The Kier molecular flexibility index (Phi) is 6.96. The molecule has 4 N–H and O–H groups in total. The molecule has 140 valence electrons. The molecule has 0 radical (unpaired) electrons. The van der Waals surface area contributed by atoms with Gasteiger partial charge in [0, 0.05) is 18.0 Å². The SMILES string of the molecule is NC(CCc1ccccc1)c1csc(NC(=O)NCCc2ccccc2)n1. The molecule has 6 heteroatoms. The smallest absolute Gasteiger partial charge is 0.321 e. The first-order valence-electron chi connectivity index (χ1n) is 9.04. The maximum Gasteiger partial charge on any atom is 0.321 e. The highest BCUT2D eigenvalue weighted by molar-refractivity contribution is 7.13. The van der Waals surface area contributed by atoms with Gasteiger partial charge < -0.3 is 11.1 Å². The number of nitrogens with zero attached hydrogens (tertiary/aromatic N) is 1. The number of thiazole rings is 1. The minimum absolute atomic E-state index is 0.141. The lowest BCUT2D eigenvalue weighted by molar-refractivity contribution is 0.252. The van der Waals surface area contributed by atoms with Gasteiger partial charge in [-0.2, -0.15) is 0 Å². The van der Waals surface area contributed by atoms with Gasteiger partial charge in [0.15, 0.2) is 5.13 Å². The standard InChI is InChI=1S/C21H24N4OS/c22-18(12-11-16-7-3-1-4-8-16)19-15-27-21(24-19)25-20(26)23-14-13-17-9-5-2-6-10-17/h1-10,15,18H,11-14,22H2,(H2,23,24,25,26). The second-order valence-corrected chi connectivity index (χ2v) is 7.18. The number of hydrogen-bond donors (Lipinski definition) is 3. The number of carbonyl (C=O) groups excluding carboxylic acids is 1. The highest BCUT2D eigenvalue weighted by Gasteiger charge is 2.12. The van der Waals surface area contributed by atoms with Gasteiger partial charge >= 0.3 is 6.03 Å². The van der Waals surface area contributed by atoms with Crippen molar-refractivity contribution in [3.8, 4) is 0 Å². The molecule has 2 aromatic carbocycles. The van der Waals surface area contributed by atoms with Crippen LogP contribution in [0, 0.1) is 0 Å². The Morgan fingerprint density at radius 1 is 1.00 bits per heavy atom. The highest BCUT2D eigenvalue weighted by atomic mass is 32.1. The van der Waals surface area contributed by atoms with Crippen molar-refractivity contribution < 1.29 is 4.79 Å². The second kappa shape index (κ2) is 9.85. The maximum atomic E-state index is 12.0. The first-order valence-corrected chi connectivity index (χ1v) is 9.92. The Bertz CT molecular complexity index is 836. The second-order valence-electron chi connectivity index (χ2n) is 6.32. The van der Waals surface area contributed by atoms with Crippen molar-refractivity contribution in [2.75, 3.05) is 11.9 Å². The van der Waals surface area contributed by atoms with Crippen LogP contribution < -0.4 is 16.4 Å². The van der Waals surface area contributed by atoms with Crippen molar-refractivity contribution in [2.45, 2.75) is 25.3 Å². The molecular formula is C21H24N4OS. The molecule has 0 aliphatic rings. The summed E-state index contributed by atoms with van der Waals surface area (Å²) in [7, 11) is 0. The molecule has 0 saturated heterocycles. The summed E-state index contributed by atoms with van der Waals surface area (Å²) < 4.78 is 0. The van der Waals surface area contributed by atoms with E-state index in [1.807, 2.05) is 53.9 Å². The van der Waals surface area contributed by atoms with Crippen molar-refractivity contribution >= 4 is 22.5 Å². The number of carbonyl (C=O) groups is 1. The third kappa shape index (κ3) is 6.20. The van der Waals surface area contributed by atoms with Gasteiger partial charge in [-0.05, 0) is 30.4 Å². The van der Waals surface area contributed by atoms with E-state index in [1.165, 1.54) is 22.5 Å². The summed E-state index contributed by atoms with van der Waals surface area (Å²) in [4.78, 5) is 16.5. The van der Waals surface area contributed by atoms with Gasteiger partial charge in [-0.1, -0.05) is 60.7 Å². The number of rotatable bonds is 8. The van der Waals surface area contributed by atoms with Gasteiger partial charge in [-0.3, -0.25) is 5.32 Å². The summed E-state index contributed by atoms with van der Waals surface area (Å²) >= 11 is 1.39. The molecule has 2 amide bonds. The summed E-state index contributed by atoms with van der Waals surface area (Å²) in [6, 6.07) is 19.9. The third-order valence-electron chi connectivity index (χ3n) is 4.25. The summed E-state index contributed by atoms with van der Waals surface area (Å²) in [6.45, 7) is 0.574. The zero-order chi connectivity index (χ0) is 18.9. The molecule has 3 aromatic rings. The topological polar surface area (TPSA) is 80.0 Å². The number of aromatic nitrogens is 1. The summed E-state index contributed by atoms with van der Waals surface area (Å²) in [5.41, 5.74) is 9.52. The lowest BCUT2D eigenvalue weighted by atomic mass is 10.0. The number of nitrogens with two attached hydrogens (primary N) is 1. The van der Waals surface area contributed by atoms with E-state index in [9.17, 15) is 4.79 Å². The molecule has 1 atom stereocenters. The molecule has 1 heterocycles. The van der Waals surface area contributed by atoms with E-state index in [0.29, 0.717) is 11.7 Å². The van der Waals surface area contributed by atoms with Crippen molar-refractivity contribution in [1.29, 1.82) is 0 Å². The molecule has 1 aromatic heterocycles. The zero-order valence-electron chi connectivity index (χ0n) is 15.1. The lowest BCUT2D eigenvalue weighted by Gasteiger charge is -2.09. The fraction of sp³-hybridized carbons (Fsp3) is 0.238. The van der Waals surface area contributed by atoms with Gasteiger partial charge in [-0.15, -0.1) is 11.3 Å². The summed E-state index contributed by atoms with van der Waals surface area (Å²) in [5, 5.41) is 8.11. The van der Waals surface area contributed by atoms with E-state index < -0.39 is 0 Å². The maximum absolute atomic E-state index is 12.0. The molecule has 0 saturated carbocycles. The van der Waals surface area contributed by atoms with Crippen LogP contribution >= 0.6 is 11.3 Å². The molecule has 0 spiro atoms. The van der Waals surface area contributed by atoms with Crippen molar-refractivity contribution in [3.05, 3.63) is 82.9 Å². The van der Waals surface area contributed by atoms with Gasteiger partial charge in [0.25, 0.3) is 0 Å². The normalized spacial score (nSPS) is 11.7. The number of benzene rings is 2. The van der Waals surface area contributed by atoms with E-state index in [0.717, 1.165) is 25.0 Å². The molecule has 0 bridgehead atoms. The quantitative estimate of drug-likeness (QED) is 0.549. The van der Waals surface area contributed by atoms with E-state index >= 15 is 0 Å². The van der Waals surface area contributed by atoms with Gasteiger partial charge in [0.2, 0.25) is 0 Å². The first-order chi connectivity index (χ1) is 13.2. The van der Waals surface area contributed by atoms with Crippen LogP contribution in [0.1, 0.15) is 29.3 Å². The Labute approximate surface area is 163 Å². The van der Waals surface area contributed by atoms with Crippen LogP contribution in [-0.4, -0.2) is 17.6 Å². The molecule has 27 heavy (non-hydrogen) atoms. The average molecular weight is 381 g/mol.